The van der Waals surface area contributed by atoms with Gasteiger partial charge in [0.25, 0.3) is 0 Å². The van der Waals surface area contributed by atoms with Gasteiger partial charge in [0.15, 0.2) is 0 Å². The van der Waals surface area contributed by atoms with Gasteiger partial charge in [0, 0.05) is 18.0 Å². The van der Waals surface area contributed by atoms with Crippen LogP contribution in [0.3, 0.4) is 0 Å². The topological polar surface area (TPSA) is 37.8 Å². The fourth-order valence-corrected chi connectivity index (χ4v) is 2.53. The number of anilines is 1. The summed E-state index contributed by atoms with van der Waals surface area (Å²) in [7, 11) is 0. The summed E-state index contributed by atoms with van der Waals surface area (Å²) in [5.41, 5.74) is 1.41. The van der Waals surface area contributed by atoms with Gasteiger partial charge >= 0.3 is 0 Å². The molecular formula is C14H15N3S. The van der Waals surface area contributed by atoms with Crippen molar-refractivity contribution in [3.63, 3.8) is 0 Å². The fourth-order valence-electron chi connectivity index (χ4n) is 2.14. The zero-order chi connectivity index (χ0) is 12.4. The number of nitrogens with zero attached hydrogens (tertiary/aromatic N) is 2. The van der Waals surface area contributed by atoms with Gasteiger partial charge in [-0.05, 0) is 18.2 Å². The average molecular weight is 257 g/mol. The lowest BCUT2D eigenvalue weighted by Gasteiger charge is -2.05. The monoisotopic (exact) mass is 257 g/mol. The predicted molar refractivity (Wildman–Crippen MR) is 75.0 cm³/mol. The molecule has 0 saturated heterocycles. The number of aromatic nitrogens is 2. The molecule has 1 aliphatic carbocycles. The minimum absolute atomic E-state index is 0.511. The normalized spacial score (nSPS) is 21.6. The van der Waals surface area contributed by atoms with E-state index in [1.165, 1.54) is 12.0 Å². The number of hydrogen-bond acceptors (Lipinski definition) is 4. The average Bonchev–Trinajstić information content (AvgIpc) is 3.19. The van der Waals surface area contributed by atoms with Crippen molar-refractivity contribution in [1.82, 2.24) is 9.97 Å². The highest BCUT2D eigenvalue weighted by Gasteiger charge is 2.38. The molecule has 1 aliphatic rings. The molecule has 0 radical (unpaired) electrons. The second kappa shape index (κ2) is 4.98. The summed E-state index contributed by atoms with van der Waals surface area (Å²) < 4.78 is 0. The molecular weight excluding hydrogens is 242 g/mol. The maximum atomic E-state index is 4.26. The van der Waals surface area contributed by atoms with Gasteiger partial charge in [0.05, 0.1) is 0 Å². The number of rotatable bonds is 4. The van der Waals surface area contributed by atoms with Gasteiger partial charge in [-0.2, -0.15) is 0 Å². The molecule has 0 bridgehead atoms. The number of benzene rings is 1. The minimum atomic E-state index is 0.511. The first kappa shape index (κ1) is 11.5. The Labute approximate surface area is 111 Å². The molecule has 1 aromatic heterocycles. The molecule has 2 aromatic rings. The van der Waals surface area contributed by atoms with Crippen molar-refractivity contribution in [2.24, 2.45) is 0 Å². The third-order valence-corrected chi connectivity index (χ3v) is 3.84. The van der Waals surface area contributed by atoms with E-state index in [4.69, 9.17) is 0 Å². The van der Waals surface area contributed by atoms with Gasteiger partial charge in [-0.1, -0.05) is 30.3 Å². The third-order valence-electron chi connectivity index (χ3n) is 3.20. The predicted octanol–water partition coefficient (Wildman–Crippen LogP) is 3.17. The Hall–Kier alpha value is -1.55. The summed E-state index contributed by atoms with van der Waals surface area (Å²) in [5.74, 6) is 1.55. The van der Waals surface area contributed by atoms with Crippen LogP contribution in [0.1, 0.15) is 17.9 Å². The molecule has 1 saturated carbocycles. The Morgan fingerprint density at radius 1 is 1.22 bits per heavy atom. The summed E-state index contributed by atoms with van der Waals surface area (Å²) in [4.78, 5) is 8.43. The molecule has 2 unspecified atom stereocenters. The summed E-state index contributed by atoms with van der Waals surface area (Å²) >= 11 is 1.64. The Morgan fingerprint density at radius 3 is 2.83 bits per heavy atom. The van der Waals surface area contributed by atoms with E-state index in [1.54, 1.807) is 18.1 Å². The van der Waals surface area contributed by atoms with Crippen molar-refractivity contribution in [2.75, 3.05) is 11.6 Å². The van der Waals surface area contributed by atoms with Crippen molar-refractivity contribution in [3.8, 4) is 0 Å². The van der Waals surface area contributed by atoms with E-state index in [9.17, 15) is 0 Å². The van der Waals surface area contributed by atoms with Crippen LogP contribution in [0.4, 0.5) is 5.82 Å². The highest BCUT2D eigenvalue weighted by Crippen LogP contribution is 2.42. The van der Waals surface area contributed by atoms with E-state index >= 15 is 0 Å². The van der Waals surface area contributed by atoms with Crippen molar-refractivity contribution >= 4 is 17.6 Å². The zero-order valence-electron chi connectivity index (χ0n) is 10.2. The Bertz CT molecular complexity index is 530. The van der Waals surface area contributed by atoms with Gasteiger partial charge in [0.2, 0.25) is 0 Å². The Morgan fingerprint density at radius 2 is 2.06 bits per heavy atom. The standard InChI is InChI=1S/C14H15N3S/c1-18-14-8-13(15-9-16-14)17-12-7-11(12)10-5-3-2-4-6-10/h2-6,8-9,11-12H,7H2,1H3,(H,15,16,17). The molecule has 4 heteroatoms. The molecule has 0 amide bonds. The van der Waals surface area contributed by atoms with Gasteiger partial charge in [-0.3, -0.25) is 0 Å². The van der Waals surface area contributed by atoms with Crippen LogP contribution in [0.5, 0.6) is 0 Å². The molecule has 3 rings (SSSR count). The van der Waals surface area contributed by atoms with Crippen molar-refractivity contribution in [2.45, 2.75) is 23.4 Å². The summed E-state index contributed by atoms with van der Waals surface area (Å²) in [6, 6.07) is 13.2. The molecule has 1 heterocycles. The van der Waals surface area contributed by atoms with Crippen LogP contribution in [-0.2, 0) is 0 Å². The number of thioether (sulfide) groups is 1. The number of nitrogens with one attached hydrogen (secondary N) is 1. The first-order valence-corrected chi connectivity index (χ1v) is 7.27. The molecule has 1 aromatic carbocycles. The van der Waals surface area contributed by atoms with Gasteiger partial charge in [0.1, 0.15) is 17.2 Å². The number of hydrogen-bond donors (Lipinski definition) is 1. The van der Waals surface area contributed by atoms with Crippen molar-refractivity contribution < 1.29 is 0 Å². The minimum Gasteiger partial charge on any atom is -0.367 e. The quantitative estimate of drug-likeness (QED) is 0.674. The van der Waals surface area contributed by atoms with Crippen molar-refractivity contribution in [1.29, 1.82) is 0 Å². The highest BCUT2D eigenvalue weighted by atomic mass is 32.2. The third kappa shape index (κ3) is 2.48. The van der Waals surface area contributed by atoms with Crippen LogP contribution < -0.4 is 5.32 Å². The van der Waals surface area contributed by atoms with Crippen LogP contribution in [-0.4, -0.2) is 22.3 Å². The maximum absolute atomic E-state index is 4.26. The summed E-state index contributed by atoms with van der Waals surface area (Å²) in [6.07, 6.45) is 4.83. The lowest BCUT2D eigenvalue weighted by molar-refractivity contribution is 0.993. The first-order chi connectivity index (χ1) is 8.86. The molecule has 2 atom stereocenters. The largest absolute Gasteiger partial charge is 0.367 e. The van der Waals surface area contributed by atoms with E-state index in [0.29, 0.717) is 12.0 Å². The van der Waals surface area contributed by atoms with Gasteiger partial charge in [-0.15, -0.1) is 11.8 Å². The van der Waals surface area contributed by atoms with Gasteiger partial charge < -0.3 is 5.32 Å². The fraction of sp³-hybridized carbons (Fsp3) is 0.286. The second-order valence-corrected chi connectivity index (χ2v) is 5.28. The maximum Gasteiger partial charge on any atom is 0.130 e. The zero-order valence-corrected chi connectivity index (χ0v) is 11.0. The summed E-state index contributed by atoms with van der Waals surface area (Å²) in [5, 5.41) is 4.48. The van der Waals surface area contributed by atoms with Gasteiger partial charge in [-0.25, -0.2) is 9.97 Å². The lowest BCUT2D eigenvalue weighted by Crippen LogP contribution is -2.06. The molecule has 18 heavy (non-hydrogen) atoms. The lowest BCUT2D eigenvalue weighted by atomic mass is 10.1. The SMILES string of the molecule is CSc1cc(NC2CC2c2ccccc2)ncn1. The van der Waals surface area contributed by atoms with E-state index < -0.39 is 0 Å². The van der Waals surface area contributed by atoms with Crippen LogP contribution in [0.15, 0.2) is 47.8 Å². The molecule has 1 fully saturated rings. The second-order valence-electron chi connectivity index (χ2n) is 4.45. The van der Waals surface area contributed by atoms with Crippen molar-refractivity contribution in [3.05, 3.63) is 48.3 Å². The molecule has 0 spiro atoms. The molecule has 3 nitrogen and oxygen atoms in total. The van der Waals surface area contributed by atoms with E-state index in [0.717, 1.165) is 10.8 Å². The molecule has 1 N–H and O–H groups in total. The smallest absolute Gasteiger partial charge is 0.130 e. The van der Waals surface area contributed by atoms with Crippen LogP contribution in [0, 0.1) is 0 Å². The molecule has 0 aliphatic heterocycles. The van der Waals surface area contributed by atoms with Crippen LogP contribution in [0.2, 0.25) is 0 Å². The molecule has 92 valence electrons. The summed E-state index contributed by atoms with van der Waals surface area (Å²) in [6.45, 7) is 0. The van der Waals surface area contributed by atoms with Crippen LogP contribution >= 0.6 is 11.8 Å². The van der Waals surface area contributed by atoms with Crippen LogP contribution in [0.25, 0.3) is 0 Å². The first-order valence-electron chi connectivity index (χ1n) is 6.04. The highest BCUT2D eigenvalue weighted by molar-refractivity contribution is 7.98. The van der Waals surface area contributed by atoms with E-state index in [1.807, 2.05) is 12.3 Å². The Kier molecular flexibility index (Phi) is 3.19. The van der Waals surface area contributed by atoms with E-state index in [-0.39, 0.29) is 0 Å². The van der Waals surface area contributed by atoms with E-state index in [2.05, 4.69) is 45.6 Å². The Balaban J connectivity index is 1.65.